The molecule has 104 valence electrons. The summed E-state index contributed by atoms with van der Waals surface area (Å²) in [5.41, 5.74) is 5.57. The van der Waals surface area contributed by atoms with Crippen LogP contribution in [-0.4, -0.2) is 38.2 Å². The fraction of sp³-hybridized carbons (Fsp3) is 0.455. The Morgan fingerprint density at radius 1 is 1.53 bits per heavy atom. The van der Waals surface area contributed by atoms with Crippen molar-refractivity contribution >= 4 is 33.0 Å². The van der Waals surface area contributed by atoms with Crippen LogP contribution in [0.2, 0.25) is 0 Å². The average molecular weight is 334 g/mol. The van der Waals surface area contributed by atoms with E-state index in [4.69, 9.17) is 5.73 Å². The first-order valence-corrected chi connectivity index (χ1v) is 6.69. The van der Waals surface area contributed by atoms with Crippen molar-refractivity contribution in [3.05, 3.63) is 26.5 Å². The molecule has 1 aromatic carbocycles. The Morgan fingerprint density at radius 3 is 2.63 bits per heavy atom. The largest absolute Gasteiger partial charge is 0.392 e. The van der Waals surface area contributed by atoms with Crippen molar-refractivity contribution in [2.24, 2.45) is 0 Å². The van der Waals surface area contributed by atoms with E-state index in [1.165, 1.54) is 4.90 Å². The summed E-state index contributed by atoms with van der Waals surface area (Å²) in [6, 6.07) is 0.889. The SMILES string of the molecule is C[NH+]1CCN(c2c(F)cc([N+](=O)[O-])c(N)c2Br)CC1. The minimum absolute atomic E-state index is 0.0346. The number of nitrogens with one attached hydrogen (secondary N) is 1. The smallest absolute Gasteiger partial charge is 0.296 e. The molecule has 3 N–H and O–H groups in total. The van der Waals surface area contributed by atoms with Gasteiger partial charge in [0.05, 0.1) is 54.4 Å². The topological polar surface area (TPSA) is 76.8 Å². The number of rotatable bonds is 2. The standard InChI is InChI=1S/C11H14BrFN4O2/c1-15-2-4-16(5-3-15)11-7(13)6-8(17(18)19)10(14)9(11)12/h6H,2-5,14H2,1H3/p+1. The maximum atomic E-state index is 14.1. The van der Waals surface area contributed by atoms with Crippen LogP contribution in [0, 0.1) is 15.9 Å². The first kappa shape index (κ1) is 14.0. The molecule has 1 aliphatic rings. The number of nitro groups is 1. The van der Waals surface area contributed by atoms with E-state index in [1.54, 1.807) is 0 Å². The van der Waals surface area contributed by atoms with Crippen LogP contribution in [0.4, 0.5) is 21.5 Å². The number of nitrogens with zero attached hydrogens (tertiary/aromatic N) is 2. The number of nitrogens with two attached hydrogens (primary N) is 1. The second-order valence-electron chi connectivity index (χ2n) is 4.66. The Hall–Kier alpha value is -1.41. The molecule has 0 bridgehead atoms. The molecule has 1 fully saturated rings. The number of quaternary nitrogens is 1. The summed E-state index contributed by atoms with van der Waals surface area (Å²) in [5.74, 6) is -0.618. The van der Waals surface area contributed by atoms with Gasteiger partial charge in [-0.25, -0.2) is 4.39 Å². The highest BCUT2D eigenvalue weighted by Crippen LogP contribution is 2.39. The van der Waals surface area contributed by atoms with Crippen LogP contribution >= 0.6 is 15.9 Å². The molecule has 2 rings (SSSR count). The van der Waals surface area contributed by atoms with Crippen molar-refractivity contribution < 1.29 is 14.2 Å². The third kappa shape index (κ3) is 2.64. The monoisotopic (exact) mass is 333 g/mol. The van der Waals surface area contributed by atoms with E-state index in [2.05, 4.69) is 23.0 Å². The zero-order valence-corrected chi connectivity index (χ0v) is 12.0. The lowest BCUT2D eigenvalue weighted by atomic mass is 10.2. The minimum atomic E-state index is -0.679. The minimum Gasteiger partial charge on any atom is -0.392 e. The maximum absolute atomic E-state index is 14.1. The summed E-state index contributed by atoms with van der Waals surface area (Å²) in [7, 11) is 2.08. The molecule has 8 heteroatoms. The lowest BCUT2D eigenvalue weighted by Gasteiger charge is -2.32. The van der Waals surface area contributed by atoms with Crippen LogP contribution < -0.4 is 15.5 Å². The van der Waals surface area contributed by atoms with Crippen molar-refractivity contribution in [3.63, 3.8) is 0 Å². The molecule has 0 radical (unpaired) electrons. The molecule has 0 amide bonds. The molecule has 0 aliphatic carbocycles. The number of hydrogen-bond acceptors (Lipinski definition) is 4. The number of likely N-dealkylation sites (N-methyl/N-ethyl adjacent to an activating group) is 1. The number of nitrogen functional groups attached to an aromatic ring is 1. The molecule has 0 atom stereocenters. The molecule has 0 unspecified atom stereocenters. The molecule has 6 nitrogen and oxygen atoms in total. The summed E-state index contributed by atoms with van der Waals surface area (Å²) >= 11 is 3.18. The van der Waals surface area contributed by atoms with Gasteiger partial charge in [0.1, 0.15) is 5.69 Å². The van der Waals surface area contributed by atoms with Crippen molar-refractivity contribution in [3.8, 4) is 0 Å². The summed E-state index contributed by atoms with van der Waals surface area (Å²) in [5, 5.41) is 10.8. The molecule has 1 aromatic rings. The molecular formula is C11H15BrFN4O2+. The Bertz CT molecular complexity index is 518. The van der Waals surface area contributed by atoms with Gasteiger partial charge in [-0.05, 0) is 15.9 Å². The molecule has 1 heterocycles. The van der Waals surface area contributed by atoms with Crippen molar-refractivity contribution in [1.82, 2.24) is 0 Å². The van der Waals surface area contributed by atoms with Gasteiger partial charge in [0.2, 0.25) is 0 Å². The van der Waals surface area contributed by atoms with E-state index >= 15 is 0 Å². The highest BCUT2D eigenvalue weighted by Gasteiger charge is 2.27. The molecule has 0 saturated carbocycles. The number of halogens is 2. The normalized spacial score (nSPS) is 16.7. The van der Waals surface area contributed by atoms with Gasteiger partial charge in [0.25, 0.3) is 5.69 Å². The summed E-state index contributed by atoms with van der Waals surface area (Å²) < 4.78 is 14.4. The number of nitro benzene ring substituents is 1. The second-order valence-corrected chi connectivity index (χ2v) is 5.45. The first-order chi connectivity index (χ1) is 8.91. The zero-order chi connectivity index (χ0) is 14.2. The Kier molecular flexibility index (Phi) is 3.91. The maximum Gasteiger partial charge on any atom is 0.296 e. The van der Waals surface area contributed by atoms with Gasteiger partial charge in [-0.1, -0.05) is 0 Å². The lowest BCUT2D eigenvalue weighted by Crippen LogP contribution is -3.12. The van der Waals surface area contributed by atoms with Crippen LogP contribution in [0.5, 0.6) is 0 Å². The van der Waals surface area contributed by atoms with Gasteiger partial charge in [-0.2, -0.15) is 0 Å². The molecule has 0 aromatic heterocycles. The molecule has 1 saturated heterocycles. The van der Waals surface area contributed by atoms with Crippen molar-refractivity contribution in [1.29, 1.82) is 0 Å². The predicted octanol–water partition coefficient (Wildman–Crippen LogP) is 0.413. The predicted molar refractivity (Wildman–Crippen MR) is 74.0 cm³/mol. The van der Waals surface area contributed by atoms with Gasteiger partial charge >= 0.3 is 0 Å². The van der Waals surface area contributed by atoms with Gasteiger partial charge in [0.15, 0.2) is 5.82 Å². The van der Waals surface area contributed by atoms with Crippen LogP contribution in [0.15, 0.2) is 10.5 Å². The first-order valence-electron chi connectivity index (χ1n) is 5.90. The molecular weight excluding hydrogens is 319 g/mol. The quantitative estimate of drug-likeness (QED) is 0.467. The van der Waals surface area contributed by atoms with Gasteiger partial charge in [-0.15, -0.1) is 0 Å². The van der Waals surface area contributed by atoms with E-state index < -0.39 is 16.4 Å². The number of anilines is 2. The number of benzene rings is 1. The van der Waals surface area contributed by atoms with E-state index in [-0.39, 0.29) is 10.2 Å². The molecule has 1 aliphatic heterocycles. The fourth-order valence-corrected chi connectivity index (χ4v) is 2.81. The Morgan fingerprint density at radius 2 is 2.11 bits per heavy atom. The van der Waals surface area contributed by atoms with E-state index in [1.807, 2.05) is 4.90 Å². The summed E-state index contributed by atoms with van der Waals surface area (Å²) in [4.78, 5) is 13.3. The highest BCUT2D eigenvalue weighted by atomic mass is 79.9. The van der Waals surface area contributed by atoms with Gasteiger partial charge in [-0.3, -0.25) is 10.1 Å². The third-order valence-electron chi connectivity index (χ3n) is 3.34. The van der Waals surface area contributed by atoms with Gasteiger partial charge in [0, 0.05) is 0 Å². The van der Waals surface area contributed by atoms with Gasteiger partial charge < -0.3 is 15.5 Å². The molecule has 19 heavy (non-hydrogen) atoms. The van der Waals surface area contributed by atoms with Crippen molar-refractivity contribution in [2.45, 2.75) is 0 Å². The van der Waals surface area contributed by atoms with Crippen LogP contribution in [0.25, 0.3) is 0 Å². The lowest BCUT2D eigenvalue weighted by molar-refractivity contribution is -0.880. The Balaban J connectivity index is 2.41. The van der Waals surface area contributed by atoms with E-state index in [0.717, 1.165) is 19.2 Å². The van der Waals surface area contributed by atoms with Crippen LogP contribution in [0.1, 0.15) is 0 Å². The fourth-order valence-electron chi connectivity index (χ4n) is 2.16. The van der Waals surface area contributed by atoms with Crippen LogP contribution in [0.3, 0.4) is 0 Å². The second kappa shape index (κ2) is 5.30. The average Bonchev–Trinajstić information content (AvgIpc) is 2.36. The molecule has 0 spiro atoms. The van der Waals surface area contributed by atoms with Crippen molar-refractivity contribution in [2.75, 3.05) is 43.9 Å². The summed E-state index contributed by atoms with van der Waals surface area (Å²) in [6.07, 6.45) is 0. The summed E-state index contributed by atoms with van der Waals surface area (Å²) in [6.45, 7) is 3.17. The van der Waals surface area contributed by atoms with E-state index in [9.17, 15) is 14.5 Å². The Labute approximate surface area is 118 Å². The third-order valence-corrected chi connectivity index (χ3v) is 4.14. The number of hydrogen-bond donors (Lipinski definition) is 2. The van der Waals surface area contributed by atoms with E-state index in [0.29, 0.717) is 18.8 Å². The highest BCUT2D eigenvalue weighted by molar-refractivity contribution is 9.10. The van der Waals surface area contributed by atoms with Crippen LogP contribution in [-0.2, 0) is 0 Å². The zero-order valence-electron chi connectivity index (χ0n) is 10.4. The number of piperazine rings is 1.